The van der Waals surface area contributed by atoms with Crippen molar-refractivity contribution in [1.29, 1.82) is 0 Å². The Morgan fingerprint density at radius 1 is 1.33 bits per heavy atom. The molecule has 18 heavy (non-hydrogen) atoms. The minimum atomic E-state index is -0.0999. The number of thiophene rings is 2. The fraction of sp³-hybridized carbons (Fsp3) is 0. The maximum absolute atomic E-state index is 12.1. The second-order valence-corrected chi connectivity index (χ2v) is 6.34. The quantitative estimate of drug-likeness (QED) is 0.705. The third kappa shape index (κ3) is 2.19. The van der Waals surface area contributed by atoms with Crippen molar-refractivity contribution in [2.75, 3.05) is 5.32 Å². The van der Waals surface area contributed by atoms with Crippen molar-refractivity contribution < 1.29 is 4.79 Å². The van der Waals surface area contributed by atoms with Crippen molar-refractivity contribution in [2.24, 2.45) is 0 Å². The second-order valence-electron chi connectivity index (χ2n) is 3.56. The van der Waals surface area contributed by atoms with Crippen molar-refractivity contribution >= 4 is 59.6 Å². The molecular weight excluding hydrogens is 332 g/mol. The maximum Gasteiger partial charge on any atom is 0.265 e. The molecule has 1 amide bonds. The Morgan fingerprint density at radius 2 is 2.22 bits per heavy atom. The number of aromatic nitrogens is 1. The van der Waals surface area contributed by atoms with E-state index in [0.29, 0.717) is 15.2 Å². The summed E-state index contributed by atoms with van der Waals surface area (Å²) in [5.41, 5.74) is 0.680. The molecule has 3 aromatic heterocycles. The van der Waals surface area contributed by atoms with Crippen molar-refractivity contribution in [2.45, 2.75) is 0 Å². The molecule has 0 aliphatic rings. The van der Waals surface area contributed by atoms with Crippen LogP contribution in [0.25, 0.3) is 9.40 Å². The van der Waals surface area contributed by atoms with Gasteiger partial charge in [0, 0.05) is 15.6 Å². The summed E-state index contributed by atoms with van der Waals surface area (Å²) >= 11 is 6.45. The van der Waals surface area contributed by atoms with Crippen LogP contribution in [-0.2, 0) is 0 Å². The van der Waals surface area contributed by atoms with E-state index in [1.165, 1.54) is 11.3 Å². The van der Waals surface area contributed by atoms with Crippen molar-refractivity contribution in [3.05, 3.63) is 45.3 Å². The Kier molecular flexibility index (Phi) is 3.15. The van der Waals surface area contributed by atoms with E-state index in [2.05, 4.69) is 26.2 Å². The average molecular weight is 339 g/mol. The first-order valence-electron chi connectivity index (χ1n) is 5.13. The van der Waals surface area contributed by atoms with E-state index in [9.17, 15) is 4.79 Å². The molecule has 3 heterocycles. The van der Waals surface area contributed by atoms with E-state index < -0.39 is 0 Å². The Balaban J connectivity index is 1.87. The molecule has 90 valence electrons. The normalized spacial score (nSPS) is 10.7. The van der Waals surface area contributed by atoms with Gasteiger partial charge in [-0.05, 0) is 45.6 Å². The molecule has 0 atom stereocenters. The molecule has 1 N–H and O–H groups in total. The van der Waals surface area contributed by atoms with Crippen LogP contribution in [-0.4, -0.2) is 10.9 Å². The lowest BCUT2D eigenvalue weighted by atomic mass is 10.4. The first-order valence-corrected chi connectivity index (χ1v) is 7.62. The number of carbonyl (C=O) groups excluding carboxylic acids is 1. The fourth-order valence-corrected chi connectivity index (χ4v) is 3.89. The van der Waals surface area contributed by atoms with E-state index in [4.69, 9.17) is 0 Å². The Labute approximate surface area is 120 Å². The summed E-state index contributed by atoms with van der Waals surface area (Å²) in [6.07, 6.45) is 1.67. The van der Waals surface area contributed by atoms with Crippen LogP contribution in [0.5, 0.6) is 0 Å². The van der Waals surface area contributed by atoms with Crippen LogP contribution < -0.4 is 5.32 Å². The molecule has 0 bridgehead atoms. The van der Waals surface area contributed by atoms with Crippen LogP contribution >= 0.6 is 38.6 Å². The lowest BCUT2D eigenvalue weighted by molar-refractivity contribution is 0.103. The number of rotatable bonds is 2. The summed E-state index contributed by atoms with van der Waals surface area (Å²) in [6, 6.07) is 7.55. The highest BCUT2D eigenvalue weighted by molar-refractivity contribution is 9.10. The first kappa shape index (κ1) is 11.8. The van der Waals surface area contributed by atoms with Gasteiger partial charge in [0.2, 0.25) is 0 Å². The first-order chi connectivity index (χ1) is 8.74. The largest absolute Gasteiger partial charge is 0.319 e. The molecule has 0 saturated carbocycles. The van der Waals surface area contributed by atoms with Crippen molar-refractivity contribution in [3.63, 3.8) is 0 Å². The highest BCUT2D eigenvalue weighted by Gasteiger charge is 2.12. The molecule has 3 aromatic rings. The predicted molar refractivity (Wildman–Crippen MR) is 79.6 cm³/mol. The molecular formula is C12H7BrN2OS2. The summed E-state index contributed by atoms with van der Waals surface area (Å²) in [5.74, 6) is -0.0999. The Hall–Kier alpha value is -1.24. The summed E-state index contributed by atoms with van der Waals surface area (Å²) < 4.78 is 2.93. The average Bonchev–Trinajstić information content (AvgIpc) is 2.92. The topological polar surface area (TPSA) is 42.0 Å². The summed E-state index contributed by atoms with van der Waals surface area (Å²) in [7, 11) is 0. The number of anilines is 1. The van der Waals surface area contributed by atoms with E-state index in [1.807, 2.05) is 23.6 Å². The van der Waals surface area contributed by atoms with Crippen molar-refractivity contribution in [1.82, 2.24) is 4.98 Å². The predicted octanol–water partition coefficient (Wildman–Crippen LogP) is 4.37. The summed E-state index contributed by atoms with van der Waals surface area (Å²) in [6.45, 7) is 0. The number of carbonyl (C=O) groups is 1. The van der Waals surface area contributed by atoms with Gasteiger partial charge in [0.15, 0.2) is 0 Å². The van der Waals surface area contributed by atoms with E-state index in [1.54, 1.807) is 23.6 Å². The van der Waals surface area contributed by atoms with Gasteiger partial charge < -0.3 is 5.32 Å². The highest BCUT2D eigenvalue weighted by atomic mass is 79.9. The maximum atomic E-state index is 12.1. The zero-order valence-corrected chi connectivity index (χ0v) is 12.2. The third-order valence-electron chi connectivity index (χ3n) is 2.37. The van der Waals surface area contributed by atoms with E-state index >= 15 is 0 Å². The molecule has 3 nitrogen and oxygen atoms in total. The monoisotopic (exact) mass is 338 g/mol. The van der Waals surface area contributed by atoms with E-state index in [0.717, 1.165) is 9.40 Å². The molecule has 0 saturated heterocycles. The van der Waals surface area contributed by atoms with E-state index in [-0.39, 0.29) is 5.91 Å². The minimum absolute atomic E-state index is 0.0999. The van der Waals surface area contributed by atoms with Gasteiger partial charge in [-0.1, -0.05) is 0 Å². The van der Waals surface area contributed by atoms with Crippen LogP contribution in [0, 0.1) is 0 Å². The Bertz CT molecular complexity index is 691. The number of fused-ring (bicyclic) bond motifs is 1. The lowest BCUT2D eigenvalue weighted by Gasteiger charge is -2.04. The molecule has 0 fully saturated rings. The van der Waals surface area contributed by atoms with Crippen LogP contribution in [0.3, 0.4) is 0 Å². The number of nitrogens with one attached hydrogen (secondary N) is 1. The van der Waals surface area contributed by atoms with Gasteiger partial charge in [-0.3, -0.25) is 4.79 Å². The summed E-state index contributed by atoms with van der Waals surface area (Å²) in [5, 5.41) is 4.87. The van der Waals surface area contributed by atoms with Crippen LogP contribution in [0.1, 0.15) is 9.67 Å². The SMILES string of the molecule is O=C(Nc1cccnc1Br)c1cc2sccc2s1. The van der Waals surface area contributed by atoms with Gasteiger partial charge in [0.25, 0.3) is 5.91 Å². The van der Waals surface area contributed by atoms with Crippen molar-refractivity contribution in [3.8, 4) is 0 Å². The summed E-state index contributed by atoms with van der Waals surface area (Å²) in [4.78, 5) is 16.9. The molecule has 3 rings (SSSR count). The van der Waals surface area contributed by atoms with Gasteiger partial charge >= 0.3 is 0 Å². The second kappa shape index (κ2) is 4.79. The smallest absolute Gasteiger partial charge is 0.265 e. The van der Waals surface area contributed by atoms with Crippen LogP contribution in [0.2, 0.25) is 0 Å². The van der Waals surface area contributed by atoms with Gasteiger partial charge in [-0.15, -0.1) is 22.7 Å². The van der Waals surface area contributed by atoms with Gasteiger partial charge in [0.05, 0.1) is 10.6 Å². The number of hydrogen-bond acceptors (Lipinski definition) is 4. The minimum Gasteiger partial charge on any atom is -0.319 e. The molecule has 0 unspecified atom stereocenters. The molecule has 0 radical (unpaired) electrons. The zero-order chi connectivity index (χ0) is 12.5. The molecule has 6 heteroatoms. The fourth-order valence-electron chi connectivity index (χ4n) is 1.54. The number of pyridine rings is 1. The molecule has 0 spiro atoms. The molecule has 0 aliphatic carbocycles. The van der Waals surface area contributed by atoms with Gasteiger partial charge in [0.1, 0.15) is 4.60 Å². The standard InChI is InChI=1S/C12H7BrN2OS2/c13-11-7(2-1-4-14-11)15-12(16)10-6-9-8(18-10)3-5-17-9/h1-6H,(H,15,16). The zero-order valence-electron chi connectivity index (χ0n) is 9.01. The number of amides is 1. The third-order valence-corrected chi connectivity index (χ3v) is 5.09. The van der Waals surface area contributed by atoms with Crippen LogP contribution in [0.15, 0.2) is 40.4 Å². The highest BCUT2D eigenvalue weighted by Crippen LogP contribution is 2.30. The molecule has 0 aliphatic heterocycles. The number of halogens is 1. The number of nitrogens with zero attached hydrogens (tertiary/aromatic N) is 1. The lowest BCUT2D eigenvalue weighted by Crippen LogP contribution is -2.10. The Morgan fingerprint density at radius 3 is 3.00 bits per heavy atom. The van der Waals surface area contributed by atoms with Crippen LogP contribution in [0.4, 0.5) is 5.69 Å². The van der Waals surface area contributed by atoms with Gasteiger partial charge in [-0.2, -0.15) is 0 Å². The number of hydrogen-bond donors (Lipinski definition) is 1. The molecule has 0 aromatic carbocycles. The van der Waals surface area contributed by atoms with Gasteiger partial charge in [-0.25, -0.2) is 4.98 Å².